The molecule has 0 bridgehead atoms. The van der Waals surface area contributed by atoms with Crippen LogP contribution in [0, 0.1) is 0 Å². The summed E-state index contributed by atoms with van der Waals surface area (Å²) < 4.78 is 0. The number of carbonyl (C=O) groups is 1. The molecular formula is C19H18N6O. The predicted molar refractivity (Wildman–Crippen MR) is 97.9 cm³/mol. The van der Waals surface area contributed by atoms with Gasteiger partial charge in [0, 0.05) is 35.6 Å². The molecule has 0 saturated heterocycles. The van der Waals surface area contributed by atoms with E-state index < -0.39 is 0 Å². The molecule has 0 unspecified atom stereocenters. The number of nitrogens with one attached hydrogen (secondary N) is 4. The van der Waals surface area contributed by atoms with E-state index in [0.29, 0.717) is 18.5 Å². The molecule has 4 aromatic rings. The standard InChI is InChI=1S/C19H18N6O/c26-19(21-7-6-12-9-20-10-22-12)14-2-1-3-15-16(14)13-5-4-11-8-23-25-17(11)18(13)24-15/h1-3,8-10,24H,4-7H2,(H,20,22)(H,21,26)(H,23,25). The summed E-state index contributed by atoms with van der Waals surface area (Å²) in [5, 5.41) is 11.3. The lowest BCUT2D eigenvalue weighted by molar-refractivity contribution is 0.0955. The molecule has 3 aromatic heterocycles. The lowest BCUT2D eigenvalue weighted by atomic mass is 9.92. The van der Waals surface area contributed by atoms with Gasteiger partial charge >= 0.3 is 0 Å². The number of amides is 1. The van der Waals surface area contributed by atoms with Crippen molar-refractivity contribution in [2.75, 3.05) is 6.54 Å². The average molecular weight is 346 g/mol. The van der Waals surface area contributed by atoms with E-state index in [1.807, 2.05) is 30.6 Å². The zero-order valence-corrected chi connectivity index (χ0v) is 14.1. The van der Waals surface area contributed by atoms with E-state index in [0.717, 1.165) is 40.8 Å². The Morgan fingerprint density at radius 3 is 3.08 bits per heavy atom. The van der Waals surface area contributed by atoms with Gasteiger partial charge in [0.25, 0.3) is 5.91 Å². The number of rotatable bonds is 4. The maximum absolute atomic E-state index is 12.8. The van der Waals surface area contributed by atoms with Crippen LogP contribution in [0.2, 0.25) is 0 Å². The smallest absolute Gasteiger partial charge is 0.251 e. The van der Waals surface area contributed by atoms with Gasteiger partial charge in [-0.05, 0) is 36.1 Å². The number of hydrogen-bond donors (Lipinski definition) is 4. The molecule has 0 saturated carbocycles. The Labute approximate surface area is 149 Å². The fourth-order valence-corrected chi connectivity index (χ4v) is 3.77. The molecule has 1 aliphatic carbocycles. The minimum Gasteiger partial charge on any atom is -0.353 e. The second-order valence-electron chi connectivity index (χ2n) is 6.54. The molecule has 1 aliphatic rings. The first-order valence-electron chi connectivity index (χ1n) is 8.73. The fraction of sp³-hybridized carbons (Fsp3) is 0.211. The van der Waals surface area contributed by atoms with E-state index in [9.17, 15) is 4.79 Å². The number of aromatic nitrogens is 5. The Kier molecular flexibility index (Phi) is 3.38. The Bertz CT molecular complexity index is 1090. The van der Waals surface area contributed by atoms with Crippen LogP contribution < -0.4 is 5.32 Å². The van der Waals surface area contributed by atoms with Crippen molar-refractivity contribution < 1.29 is 4.79 Å². The van der Waals surface area contributed by atoms with Crippen LogP contribution in [-0.4, -0.2) is 37.6 Å². The number of fused-ring (bicyclic) bond motifs is 5. The van der Waals surface area contributed by atoms with Gasteiger partial charge in [0.15, 0.2) is 0 Å². The Balaban J connectivity index is 1.48. The lowest BCUT2D eigenvalue weighted by Gasteiger charge is -2.12. The number of aryl methyl sites for hydroxylation is 2. The number of H-pyrrole nitrogens is 3. The summed E-state index contributed by atoms with van der Waals surface area (Å²) in [7, 11) is 0. The van der Waals surface area contributed by atoms with Gasteiger partial charge in [-0.25, -0.2) is 4.98 Å². The molecule has 1 amide bonds. The summed E-state index contributed by atoms with van der Waals surface area (Å²) in [5.41, 5.74) is 7.13. The fourth-order valence-electron chi connectivity index (χ4n) is 3.77. The van der Waals surface area contributed by atoms with Crippen molar-refractivity contribution in [2.45, 2.75) is 19.3 Å². The molecular weight excluding hydrogens is 328 g/mol. The van der Waals surface area contributed by atoms with Crippen LogP contribution in [0.15, 0.2) is 36.9 Å². The maximum Gasteiger partial charge on any atom is 0.251 e. The van der Waals surface area contributed by atoms with Crippen LogP contribution in [0.1, 0.15) is 27.2 Å². The third kappa shape index (κ3) is 2.32. The second-order valence-corrected chi connectivity index (χ2v) is 6.54. The van der Waals surface area contributed by atoms with Gasteiger partial charge in [-0.2, -0.15) is 5.10 Å². The predicted octanol–water partition coefficient (Wildman–Crippen LogP) is 2.35. The number of benzene rings is 1. The highest BCUT2D eigenvalue weighted by Crippen LogP contribution is 2.37. The van der Waals surface area contributed by atoms with Crippen LogP contribution in [0.5, 0.6) is 0 Å². The highest BCUT2D eigenvalue weighted by Gasteiger charge is 2.24. The zero-order valence-electron chi connectivity index (χ0n) is 14.1. The van der Waals surface area contributed by atoms with Gasteiger partial charge in [-0.15, -0.1) is 0 Å². The normalized spacial score (nSPS) is 12.8. The third-order valence-electron chi connectivity index (χ3n) is 5.01. The van der Waals surface area contributed by atoms with Crippen molar-refractivity contribution in [3.05, 3.63) is 59.3 Å². The molecule has 7 nitrogen and oxygen atoms in total. The van der Waals surface area contributed by atoms with Crippen LogP contribution in [0.4, 0.5) is 0 Å². The summed E-state index contributed by atoms with van der Waals surface area (Å²) in [4.78, 5) is 23.4. The average Bonchev–Trinajstić information content (AvgIpc) is 3.39. The minimum absolute atomic E-state index is 0.0525. The Hall–Kier alpha value is -3.35. The zero-order chi connectivity index (χ0) is 17.5. The summed E-state index contributed by atoms with van der Waals surface area (Å²) in [6.45, 7) is 0.553. The third-order valence-corrected chi connectivity index (χ3v) is 5.01. The first-order valence-corrected chi connectivity index (χ1v) is 8.73. The number of carbonyl (C=O) groups excluding carboxylic acids is 1. The molecule has 0 aliphatic heterocycles. The van der Waals surface area contributed by atoms with E-state index in [1.54, 1.807) is 6.33 Å². The van der Waals surface area contributed by atoms with Crippen molar-refractivity contribution in [3.8, 4) is 11.4 Å². The van der Waals surface area contributed by atoms with Gasteiger partial charge in [0.05, 0.1) is 29.6 Å². The summed E-state index contributed by atoms with van der Waals surface area (Å²) in [5.74, 6) is -0.0525. The van der Waals surface area contributed by atoms with Gasteiger partial charge in [0.2, 0.25) is 0 Å². The number of hydrogen-bond acceptors (Lipinski definition) is 3. The molecule has 1 aromatic carbocycles. The molecule has 26 heavy (non-hydrogen) atoms. The lowest BCUT2D eigenvalue weighted by Crippen LogP contribution is -2.26. The quantitative estimate of drug-likeness (QED) is 0.456. The van der Waals surface area contributed by atoms with E-state index >= 15 is 0 Å². The summed E-state index contributed by atoms with van der Waals surface area (Å²) in [6, 6.07) is 5.83. The van der Waals surface area contributed by atoms with Gasteiger partial charge in [-0.1, -0.05) is 6.07 Å². The minimum atomic E-state index is -0.0525. The first kappa shape index (κ1) is 14.9. The van der Waals surface area contributed by atoms with Crippen molar-refractivity contribution in [2.24, 2.45) is 0 Å². The monoisotopic (exact) mass is 346 g/mol. The highest BCUT2D eigenvalue weighted by molar-refractivity contribution is 6.09. The van der Waals surface area contributed by atoms with Gasteiger partial charge in [-0.3, -0.25) is 9.89 Å². The molecule has 0 fully saturated rings. The van der Waals surface area contributed by atoms with Crippen LogP contribution in [0.3, 0.4) is 0 Å². The Morgan fingerprint density at radius 1 is 1.23 bits per heavy atom. The van der Waals surface area contributed by atoms with Crippen LogP contribution in [-0.2, 0) is 19.3 Å². The molecule has 0 radical (unpaired) electrons. The molecule has 130 valence electrons. The molecule has 5 rings (SSSR count). The SMILES string of the molecule is O=C(NCCc1c[nH]cn1)c1cccc2[nH]c3c(c12)CCc1cn[nH]c1-3. The van der Waals surface area contributed by atoms with E-state index in [4.69, 9.17) is 0 Å². The van der Waals surface area contributed by atoms with E-state index in [1.165, 1.54) is 11.1 Å². The number of imidazole rings is 1. The second kappa shape index (κ2) is 5.87. The number of nitrogens with zero attached hydrogens (tertiary/aromatic N) is 2. The topological polar surface area (TPSA) is 102 Å². The molecule has 3 heterocycles. The van der Waals surface area contributed by atoms with E-state index in [2.05, 4.69) is 30.5 Å². The summed E-state index contributed by atoms with van der Waals surface area (Å²) >= 11 is 0. The van der Waals surface area contributed by atoms with E-state index in [-0.39, 0.29) is 5.91 Å². The van der Waals surface area contributed by atoms with Crippen LogP contribution >= 0.6 is 0 Å². The molecule has 0 atom stereocenters. The van der Waals surface area contributed by atoms with Crippen molar-refractivity contribution in [1.29, 1.82) is 0 Å². The molecule has 4 N–H and O–H groups in total. The van der Waals surface area contributed by atoms with Crippen LogP contribution in [0.25, 0.3) is 22.3 Å². The molecule has 0 spiro atoms. The Morgan fingerprint density at radius 2 is 2.19 bits per heavy atom. The van der Waals surface area contributed by atoms with Gasteiger partial charge in [0.1, 0.15) is 0 Å². The van der Waals surface area contributed by atoms with Crippen molar-refractivity contribution in [3.63, 3.8) is 0 Å². The maximum atomic E-state index is 12.8. The number of aromatic amines is 3. The summed E-state index contributed by atoms with van der Waals surface area (Å²) in [6.07, 6.45) is 7.91. The van der Waals surface area contributed by atoms with Gasteiger partial charge < -0.3 is 15.3 Å². The van der Waals surface area contributed by atoms with Crippen molar-refractivity contribution >= 4 is 16.8 Å². The largest absolute Gasteiger partial charge is 0.353 e. The van der Waals surface area contributed by atoms with Crippen molar-refractivity contribution in [1.82, 2.24) is 30.5 Å². The highest BCUT2D eigenvalue weighted by atomic mass is 16.1. The first-order chi connectivity index (χ1) is 12.8. The molecule has 7 heteroatoms.